The maximum absolute atomic E-state index is 13.9. The first-order chi connectivity index (χ1) is 24.2. The maximum atomic E-state index is 13.9. The third-order valence-corrected chi connectivity index (χ3v) is 9.00. The van der Waals surface area contributed by atoms with Gasteiger partial charge in [-0.05, 0) is 88.8 Å². The number of Topliss-reactive ketones (excluding diaryl/α,β-unsaturated/α-hetero) is 2. The number of anilines is 1. The average molecular weight is 702 g/mol. The molecule has 4 rings (SSSR count). The van der Waals surface area contributed by atoms with E-state index in [4.69, 9.17) is 35.9 Å². The van der Waals surface area contributed by atoms with Crippen LogP contribution < -0.4 is 31.4 Å². The summed E-state index contributed by atoms with van der Waals surface area (Å²) in [4.78, 5) is 42.4. The minimum absolute atomic E-state index is 0.0601. The molecule has 51 heavy (non-hydrogen) atoms. The van der Waals surface area contributed by atoms with Gasteiger partial charge in [-0.25, -0.2) is 0 Å². The minimum atomic E-state index is -1.93. The Hall–Kier alpha value is -4.94. The number of aromatic nitrogens is 1. The van der Waals surface area contributed by atoms with Crippen molar-refractivity contribution in [3.05, 3.63) is 77.5 Å². The Morgan fingerprint density at radius 2 is 1.47 bits per heavy atom. The van der Waals surface area contributed by atoms with E-state index in [-0.39, 0.29) is 41.4 Å². The second kappa shape index (κ2) is 16.8. The first-order valence-electron chi connectivity index (χ1n) is 17.3. The number of hydrogen-bond acceptors (Lipinski definition) is 11. The summed E-state index contributed by atoms with van der Waals surface area (Å²) in [6.45, 7) is 12.1. The number of nitrogens with two attached hydrogens (primary N) is 3. The fraction of sp³-hybridized carbons (Fsp3) is 0.436. The smallest absolute Gasteiger partial charge is 0.254 e. The molecule has 2 unspecified atom stereocenters. The lowest BCUT2D eigenvalue weighted by molar-refractivity contribution is -0.125. The number of nitrogens with zero attached hydrogens (tertiary/aromatic N) is 2. The zero-order valence-corrected chi connectivity index (χ0v) is 30.6. The summed E-state index contributed by atoms with van der Waals surface area (Å²) in [6.07, 6.45) is 1.54. The van der Waals surface area contributed by atoms with Gasteiger partial charge < -0.3 is 40.8 Å². The van der Waals surface area contributed by atoms with Crippen LogP contribution in [0.1, 0.15) is 80.8 Å². The molecule has 274 valence electrons. The first-order valence-corrected chi connectivity index (χ1v) is 17.3. The van der Waals surface area contributed by atoms with E-state index in [1.807, 2.05) is 62.9 Å². The molecule has 0 aliphatic carbocycles. The molecule has 3 aromatic carbocycles. The molecule has 0 fully saturated rings. The second-order valence-corrected chi connectivity index (χ2v) is 13.6. The molecule has 6 N–H and O–H groups in total. The van der Waals surface area contributed by atoms with Gasteiger partial charge in [0.2, 0.25) is 5.78 Å². The fourth-order valence-electron chi connectivity index (χ4n) is 6.12. The molecule has 2 atom stereocenters. The van der Waals surface area contributed by atoms with Crippen molar-refractivity contribution < 1.29 is 33.1 Å². The number of nitrogen functional groups attached to an aromatic ring is 1. The quantitative estimate of drug-likeness (QED) is 0.0508. The number of benzene rings is 3. The lowest BCUT2D eigenvalue weighted by Crippen LogP contribution is -2.63. The lowest BCUT2D eigenvalue weighted by Gasteiger charge is -2.32. The van der Waals surface area contributed by atoms with Crippen LogP contribution in [0.5, 0.6) is 17.2 Å². The molecule has 0 aliphatic rings. The Kier molecular flexibility index (Phi) is 12.8. The number of hydrogen-bond donors (Lipinski definition) is 3. The van der Waals surface area contributed by atoms with Gasteiger partial charge in [-0.15, -0.1) is 0 Å². The molecule has 0 bridgehead atoms. The monoisotopic (exact) mass is 701 g/mol. The molecule has 0 radical (unpaired) electrons. The summed E-state index contributed by atoms with van der Waals surface area (Å²) in [7, 11) is 1.54. The summed E-state index contributed by atoms with van der Waals surface area (Å²) in [5.41, 5.74) is 18.9. The zero-order chi connectivity index (χ0) is 37.5. The number of carbonyl (C=O) groups excluding carboxylic acids is 3. The van der Waals surface area contributed by atoms with Crippen LogP contribution in [0.2, 0.25) is 0 Å². The Morgan fingerprint density at radius 1 is 0.863 bits per heavy atom. The fourth-order valence-corrected chi connectivity index (χ4v) is 6.12. The van der Waals surface area contributed by atoms with E-state index < -0.39 is 29.1 Å². The SMILES string of the molecule is COc1cc(C(=O)N(C(C)C)C(C)C)ccc1OCCCCOc1ccc2c(C(=O)C(N)(C(=O)C(N)Cc3ccccc3)C(C)C)noc2c1N. The van der Waals surface area contributed by atoms with E-state index in [0.717, 1.165) is 5.56 Å². The number of amides is 1. The van der Waals surface area contributed by atoms with Crippen molar-refractivity contribution in [3.63, 3.8) is 0 Å². The van der Waals surface area contributed by atoms with Gasteiger partial charge in [0.15, 0.2) is 28.6 Å². The van der Waals surface area contributed by atoms with Crippen molar-refractivity contribution in [3.8, 4) is 17.2 Å². The Bertz CT molecular complexity index is 1810. The topological polar surface area (TPSA) is 186 Å². The Balaban J connectivity index is 1.36. The molecule has 12 nitrogen and oxygen atoms in total. The lowest BCUT2D eigenvalue weighted by atomic mass is 9.75. The summed E-state index contributed by atoms with van der Waals surface area (Å²) >= 11 is 0. The number of fused-ring (bicyclic) bond motifs is 1. The molecular weight excluding hydrogens is 650 g/mol. The molecule has 1 heterocycles. The van der Waals surface area contributed by atoms with Gasteiger partial charge in [0.05, 0.1) is 31.8 Å². The van der Waals surface area contributed by atoms with Crippen LogP contribution in [0.25, 0.3) is 11.0 Å². The van der Waals surface area contributed by atoms with E-state index in [2.05, 4.69) is 5.16 Å². The highest BCUT2D eigenvalue weighted by atomic mass is 16.5. The number of unbranched alkanes of at least 4 members (excludes halogenated alkanes) is 1. The highest BCUT2D eigenvalue weighted by molar-refractivity contribution is 6.23. The second-order valence-electron chi connectivity index (χ2n) is 13.6. The summed E-state index contributed by atoms with van der Waals surface area (Å²) in [5, 5.41) is 4.31. The Labute approximate surface area is 299 Å². The zero-order valence-electron chi connectivity index (χ0n) is 30.6. The van der Waals surface area contributed by atoms with E-state index >= 15 is 0 Å². The van der Waals surface area contributed by atoms with Crippen molar-refractivity contribution in [1.82, 2.24) is 10.1 Å². The molecule has 12 heteroatoms. The van der Waals surface area contributed by atoms with Gasteiger partial charge in [-0.2, -0.15) is 0 Å². The summed E-state index contributed by atoms with van der Waals surface area (Å²) in [5.74, 6) is -0.528. The highest BCUT2D eigenvalue weighted by Gasteiger charge is 2.48. The minimum Gasteiger partial charge on any atom is -0.493 e. The number of rotatable bonds is 18. The van der Waals surface area contributed by atoms with Gasteiger partial charge in [0.25, 0.3) is 5.91 Å². The molecule has 0 saturated carbocycles. The molecule has 0 aliphatic heterocycles. The van der Waals surface area contributed by atoms with Crippen molar-refractivity contribution in [2.45, 2.75) is 84.5 Å². The van der Waals surface area contributed by atoms with Crippen molar-refractivity contribution in [2.24, 2.45) is 17.4 Å². The number of ketones is 2. The van der Waals surface area contributed by atoms with Gasteiger partial charge in [-0.3, -0.25) is 14.4 Å². The molecule has 0 saturated heterocycles. The van der Waals surface area contributed by atoms with E-state index in [1.54, 1.807) is 51.3 Å². The van der Waals surface area contributed by atoms with Crippen molar-refractivity contribution in [1.29, 1.82) is 0 Å². The van der Waals surface area contributed by atoms with E-state index in [0.29, 0.717) is 54.3 Å². The maximum Gasteiger partial charge on any atom is 0.254 e. The third-order valence-electron chi connectivity index (χ3n) is 9.00. The predicted molar refractivity (Wildman–Crippen MR) is 197 cm³/mol. The van der Waals surface area contributed by atoms with E-state index in [9.17, 15) is 14.4 Å². The van der Waals surface area contributed by atoms with Crippen LogP contribution in [0, 0.1) is 5.92 Å². The van der Waals surface area contributed by atoms with Crippen molar-refractivity contribution >= 4 is 34.1 Å². The highest BCUT2D eigenvalue weighted by Crippen LogP contribution is 2.35. The molecule has 0 spiro atoms. The van der Waals surface area contributed by atoms with Crippen molar-refractivity contribution in [2.75, 3.05) is 26.1 Å². The number of carbonyl (C=O) groups is 3. The summed E-state index contributed by atoms with van der Waals surface area (Å²) in [6, 6.07) is 16.9. The molecule has 1 amide bonds. The standard InChI is InChI=1S/C39H51N5O7/c1-23(2)39(42,36(45)29(40)21-26-13-9-8-10-14-26)37(46)34-28-16-18-31(33(41)35(28)51-43-34)50-20-12-11-19-49-30-17-15-27(22-32(30)48-7)38(47)44(24(3)4)25(5)6/h8-10,13-18,22-25,29H,11-12,19-21,40-42H2,1-7H3. The van der Waals surface area contributed by atoms with Crippen LogP contribution in [0.4, 0.5) is 5.69 Å². The van der Waals surface area contributed by atoms with Gasteiger partial charge in [-0.1, -0.05) is 49.3 Å². The average Bonchev–Trinajstić information content (AvgIpc) is 3.54. The number of ether oxygens (including phenoxy) is 3. The molecule has 4 aromatic rings. The van der Waals surface area contributed by atoms with Crippen LogP contribution in [-0.4, -0.2) is 71.5 Å². The van der Waals surface area contributed by atoms with Gasteiger partial charge in [0, 0.05) is 17.6 Å². The Morgan fingerprint density at radius 3 is 2.06 bits per heavy atom. The third kappa shape index (κ3) is 8.51. The molecular formula is C39H51N5O7. The van der Waals surface area contributed by atoms with Crippen LogP contribution in [0.15, 0.2) is 65.2 Å². The summed E-state index contributed by atoms with van der Waals surface area (Å²) < 4.78 is 22.9. The largest absolute Gasteiger partial charge is 0.493 e. The first kappa shape index (κ1) is 38.9. The van der Waals surface area contributed by atoms with Crippen LogP contribution in [-0.2, 0) is 11.2 Å². The van der Waals surface area contributed by atoms with Gasteiger partial charge in [0.1, 0.15) is 17.0 Å². The molecule has 1 aromatic heterocycles. The normalized spacial score (nSPS) is 13.3. The number of methoxy groups -OCH3 is 1. The van der Waals surface area contributed by atoms with Gasteiger partial charge >= 0.3 is 0 Å². The van der Waals surface area contributed by atoms with Crippen LogP contribution >= 0.6 is 0 Å². The van der Waals surface area contributed by atoms with Crippen LogP contribution in [0.3, 0.4) is 0 Å². The van der Waals surface area contributed by atoms with E-state index in [1.165, 1.54) is 0 Å². The predicted octanol–water partition coefficient (Wildman–Crippen LogP) is 5.59.